The van der Waals surface area contributed by atoms with Gasteiger partial charge in [-0.1, -0.05) is 0 Å². The summed E-state index contributed by atoms with van der Waals surface area (Å²) in [4.78, 5) is 0. The Hall–Kier alpha value is -1.04. The van der Waals surface area contributed by atoms with Crippen LogP contribution in [0.3, 0.4) is 0 Å². The predicted molar refractivity (Wildman–Crippen MR) is 38.9 cm³/mol. The quantitative estimate of drug-likeness (QED) is 0.774. The number of aliphatic hydroxyl groups is 1. The third kappa shape index (κ3) is 2.21. The summed E-state index contributed by atoms with van der Waals surface area (Å²) >= 11 is 0. The Morgan fingerprint density at radius 1 is 1.62 bits per heavy atom. The van der Waals surface area contributed by atoms with E-state index in [0.717, 1.165) is 6.07 Å². The van der Waals surface area contributed by atoms with Crippen molar-refractivity contribution >= 4 is 0 Å². The summed E-state index contributed by atoms with van der Waals surface area (Å²) in [6.45, 7) is 2.22. The van der Waals surface area contributed by atoms with E-state index in [1.165, 1.54) is 10.9 Å². The van der Waals surface area contributed by atoms with Gasteiger partial charge in [-0.15, -0.1) is 0 Å². The zero-order chi connectivity index (χ0) is 10.1. The van der Waals surface area contributed by atoms with Gasteiger partial charge in [0.25, 0.3) is 0 Å². The second kappa shape index (κ2) is 3.37. The van der Waals surface area contributed by atoms with Gasteiger partial charge in [0, 0.05) is 12.7 Å². The van der Waals surface area contributed by atoms with Crippen LogP contribution in [0.2, 0.25) is 0 Å². The molecule has 13 heavy (non-hydrogen) atoms. The molecule has 0 saturated heterocycles. The molecular formula is C7H9F3N2O. The maximum atomic E-state index is 11.9. The monoisotopic (exact) mass is 194 g/mol. The summed E-state index contributed by atoms with van der Waals surface area (Å²) in [7, 11) is 0. The van der Waals surface area contributed by atoms with Gasteiger partial charge in [-0.3, -0.25) is 4.68 Å². The first-order valence-electron chi connectivity index (χ1n) is 3.73. The van der Waals surface area contributed by atoms with Gasteiger partial charge in [-0.25, -0.2) is 0 Å². The minimum atomic E-state index is -4.65. The topological polar surface area (TPSA) is 38.0 Å². The molecule has 0 amide bonds. The smallest absolute Gasteiger partial charge is 0.378 e. The number of rotatable bonds is 2. The van der Waals surface area contributed by atoms with Gasteiger partial charge in [0.05, 0.1) is 0 Å². The summed E-state index contributed by atoms with van der Waals surface area (Å²) in [6.07, 6.45) is -5.74. The van der Waals surface area contributed by atoms with Crippen LogP contribution in [0.1, 0.15) is 18.7 Å². The molecule has 0 spiro atoms. The van der Waals surface area contributed by atoms with Crippen molar-refractivity contribution in [3.8, 4) is 0 Å². The number of halogens is 3. The lowest BCUT2D eigenvalue weighted by atomic mass is 10.2. The predicted octanol–water partition coefficient (Wildman–Crippen LogP) is 1.50. The van der Waals surface area contributed by atoms with Gasteiger partial charge in [-0.2, -0.15) is 18.3 Å². The molecule has 1 N–H and O–H groups in total. The van der Waals surface area contributed by atoms with E-state index >= 15 is 0 Å². The van der Waals surface area contributed by atoms with E-state index in [-0.39, 0.29) is 5.69 Å². The molecule has 1 atom stereocenters. The van der Waals surface area contributed by atoms with Gasteiger partial charge < -0.3 is 5.11 Å². The highest BCUT2D eigenvalue weighted by molar-refractivity contribution is 5.04. The highest BCUT2D eigenvalue weighted by Crippen LogP contribution is 2.31. The second-order valence-electron chi connectivity index (χ2n) is 2.54. The fourth-order valence-corrected chi connectivity index (χ4v) is 0.867. The van der Waals surface area contributed by atoms with Crippen LogP contribution in [0, 0.1) is 0 Å². The normalized spacial score (nSPS) is 14.5. The first kappa shape index (κ1) is 10.0. The van der Waals surface area contributed by atoms with E-state index in [4.69, 9.17) is 5.11 Å². The maximum absolute atomic E-state index is 11.9. The molecule has 0 bridgehead atoms. The summed E-state index contributed by atoms with van der Waals surface area (Å²) < 4.78 is 37.2. The number of aromatic nitrogens is 2. The van der Waals surface area contributed by atoms with Crippen LogP contribution in [0.4, 0.5) is 13.2 Å². The first-order valence-corrected chi connectivity index (χ1v) is 3.73. The Morgan fingerprint density at radius 2 is 2.23 bits per heavy atom. The zero-order valence-corrected chi connectivity index (χ0v) is 6.91. The Labute approximate surface area is 72.8 Å². The molecule has 0 saturated carbocycles. The van der Waals surface area contributed by atoms with Gasteiger partial charge in [0.15, 0.2) is 6.10 Å². The standard InChI is InChI=1S/C7H9F3N2O/c1-2-12-4-3-5(11-12)6(13)7(8,9)10/h3-4,6,13H,2H2,1H3/t6-/m0/s1. The fourth-order valence-electron chi connectivity index (χ4n) is 0.867. The lowest BCUT2D eigenvalue weighted by Gasteiger charge is -2.11. The van der Waals surface area contributed by atoms with Gasteiger partial charge in [0.2, 0.25) is 0 Å². The number of hydrogen-bond donors (Lipinski definition) is 1. The SMILES string of the molecule is CCn1ccc([C@H](O)C(F)(F)F)n1. The highest BCUT2D eigenvalue weighted by Gasteiger charge is 2.40. The Balaban J connectivity index is 2.83. The van der Waals surface area contributed by atoms with Crippen LogP contribution in [0.15, 0.2) is 12.3 Å². The number of hydrogen-bond acceptors (Lipinski definition) is 2. The molecule has 0 aliphatic heterocycles. The second-order valence-corrected chi connectivity index (χ2v) is 2.54. The molecule has 1 aromatic heterocycles. The van der Waals surface area contributed by atoms with E-state index in [1.807, 2.05) is 0 Å². The molecule has 1 heterocycles. The van der Waals surface area contributed by atoms with Crippen LogP contribution in [-0.2, 0) is 6.54 Å². The number of aliphatic hydroxyl groups excluding tert-OH is 1. The Kier molecular flexibility index (Phi) is 2.60. The lowest BCUT2D eigenvalue weighted by molar-refractivity contribution is -0.208. The van der Waals surface area contributed by atoms with E-state index in [1.54, 1.807) is 6.92 Å². The molecule has 0 aliphatic carbocycles. The third-order valence-electron chi connectivity index (χ3n) is 1.58. The van der Waals surface area contributed by atoms with Crippen LogP contribution in [0.25, 0.3) is 0 Å². The maximum Gasteiger partial charge on any atom is 0.420 e. The van der Waals surface area contributed by atoms with Crippen LogP contribution >= 0.6 is 0 Å². The molecule has 0 aliphatic rings. The zero-order valence-electron chi connectivity index (χ0n) is 6.91. The molecule has 0 fully saturated rings. The van der Waals surface area contributed by atoms with Gasteiger partial charge in [0.1, 0.15) is 5.69 Å². The Morgan fingerprint density at radius 3 is 2.62 bits per heavy atom. The number of nitrogens with zero attached hydrogens (tertiary/aromatic N) is 2. The fraction of sp³-hybridized carbons (Fsp3) is 0.571. The molecule has 0 aromatic carbocycles. The lowest BCUT2D eigenvalue weighted by Crippen LogP contribution is -2.20. The summed E-state index contributed by atoms with van der Waals surface area (Å²) in [5, 5.41) is 12.3. The molecule has 6 heteroatoms. The average Bonchev–Trinajstić information content (AvgIpc) is 2.48. The van der Waals surface area contributed by atoms with Crippen molar-refractivity contribution in [2.24, 2.45) is 0 Å². The van der Waals surface area contributed by atoms with Crippen LogP contribution in [0.5, 0.6) is 0 Å². The minimum Gasteiger partial charge on any atom is -0.378 e. The van der Waals surface area contributed by atoms with Crippen molar-refractivity contribution in [1.82, 2.24) is 9.78 Å². The van der Waals surface area contributed by atoms with E-state index < -0.39 is 12.3 Å². The molecular weight excluding hydrogens is 185 g/mol. The molecule has 0 radical (unpaired) electrons. The van der Waals surface area contributed by atoms with Gasteiger partial charge >= 0.3 is 6.18 Å². The van der Waals surface area contributed by atoms with E-state index in [2.05, 4.69) is 5.10 Å². The molecule has 74 valence electrons. The van der Waals surface area contributed by atoms with Crippen LogP contribution < -0.4 is 0 Å². The van der Waals surface area contributed by atoms with Crippen molar-refractivity contribution < 1.29 is 18.3 Å². The average molecular weight is 194 g/mol. The van der Waals surface area contributed by atoms with E-state index in [9.17, 15) is 13.2 Å². The van der Waals surface area contributed by atoms with E-state index in [0.29, 0.717) is 6.54 Å². The van der Waals surface area contributed by atoms with Crippen molar-refractivity contribution in [2.45, 2.75) is 25.7 Å². The molecule has 1 rings (SSSR count). The number of alkyl halides is 3. The van der Waals surface area contributed by atoms with Crippen molar-refractivity contribution in [3.05, 3.63) is 18.0 Å². The minimum absolute atomic E-state index is 0.366. The number of aryl methyl sites for hydroxylation is 1. The summed E-state index contributed by atoms with van der Waals surface area (Å²) in [5.41, 5.74) is -0.366. The molecule has 3 nitrogen and oxygen atoms in total. The van der Waals surface area contributed by atoms with Crippen molar-refractivity contribution in [1.29, 1.82) is 0 Å². The Bertz CT molecular complexity index is 282. The summed E-state index contributed by atoms with van der Waals surface area (Å²) in [5.74, 6) is 0. The summed E-state index contributed by atoms with van der Waals surface area (Å²) in [6, 6.07) is 1.15. The largest absolute Gasteiger partial charge is 0.420 e. The van der Waals surface area contributed by atoms with Gasteiger partial charge in [-0.05, 0) is 13.0 Å². The van der Waals surface area contributed by atoms with Crippen molar-refractivity contribution in [2.75, 3.05) is 0 Å². The highest BCUT2D eigenvalue weighted by atomic mass is 19.4. The molecule has 0 unspecified atom stereocenters. The van der Waals surface area contributed by atoms with Crippen LogP contribution in [-0.4, -0.2) is 21.1 Å². The third-order valence-corrected chi connectivity index (χ3v) is 1.58. The van der Waals surface area contributed by atoms with Crippen molar-refractivity contribution in [3.63, 3.8) is 0 Å². The first-order chi connectivity index (χ1) is 5.95. The molecule has 1 aromatic rings.